The van der Waals surface area contributed by atoms with E-state index >= 15 is 0 Å². The third kappa shape index (κ3) is 1.80. The average molecular weight is 208 g/mol. The van der Waals surface area contributed by atoms with Crippen LogP contribution in [0.2, 0.25) is 0 Å². The van der Waals surface area contributed by atoms with Crippen molar-refractivity contribution in [1.29, 1.82) is 0 Å². The summed E-state index contributed by atoms with van der Waals surface area (Å²) in [5, 5.41) is 0. The molecule has 0 amide bonds. The van der Waals surface area contributed by atoms with Crippen molar-refractivity contribution in [1.82, 2.24) is 4.98 Å². The Morgan fingerprint density at radius 1 is 1.46 bits per heavy atom. The Morgan fingerprint density at radius 3 is 2.54 bits per heavy atom. The Hall–Kier alpha value is -1.10. The van der Waals surface area contributed by atoms with Crippen LogP contribution in [-0.4, -0.2) is 4.98 Å². The summed E-state index contributed by atoms with van der Waals surface area (Å²) < 4.78 is 24.9. The molecule has 0 radical (unpaired) electrons. The smallest absolute Gasteiger partial charge is 0.266 e. The fourth-order valence-electron chi connectivity index (χ4n) is 0.962. The summed E-state index contributed by atoms with van der Waals surface area (Å²) in [7, 11) is 0. The summed E-state index contributed by atoms with van der Waals surface area (Å²) in [5.74, 6) is -0.152. The maximum atomic E-state index is 12.4. The van der Waals surface area contributed by atoms with E-state index in [2.05, 4.69) is 4.98 Å². The van der Waals surface area contributed by atoms with Crippen LogP contribution in [0.15, 0.2) is 6.20 Å². The molecule has 72 valence electrons. The molecule has 1 aromatic rings. The minimum atomic E-state index is -2.68. The highest BCUT2D eigenvalue weighted by atomic mass is 35.5. The van der Waals surface area contributed by atoms with Crippen LogP contribution in [0.1, 0.15) is 17.6 Å². The van der Waals surface area contributed by atoms with Gasteiger partial charge >= 0.3 is 0 Å². The third-order valence-electron chi connectivity index (χ3n) is 1.63. The molecular formula is C7H8ClF2N3. The lowest BCUT2D eigenvalue weighted by Crippen LogP contribution is -2.05. The molecule has 1 rings (SSSR count). The second-order valence-corrected chi connectivity index (χ2v) is 2.70. The van der Waals surface area contributed by atoms with Crippen LogP contribution in [0.25, 0.3) is 0 Å². The molecule has 3 nitrogen and oxygen atoms in total. The summed E-state index contributed by atoms with van der Waals surface area (Å²) in [6.45, 7) is 0. The lowest BCUT2D eigenvalue weighted by Gasteiger charge is -2.10. The van der Waals surface area contributed by atoms with Crippen LogP contribution in [0.3, 0.4) is 0 Å². The molecule has 0 spiro atoms. The van der Waals surface area contributed by atoms with Crippen molar-refractivity contribution in [3.05, 3.63) is 17.3 Å². The van der Waals surface area contributed by atoms with Gasteiger partial charge in [-0.25, -0.2) is 13.8 Å². The number of alkyl halides is 3. The zero-order valence-corrected chi connectivity index (χ0v) is 7.35. The van der Waals surface area contributed by atoms with Gasteiger partial charge in [0.2, 0.25) is 0 Å². The summed E-state index contributed by atoms with van der Waals surface area (Å²) in [6.07, 6.45) is -1.47. The quantitative estimate of drug-likeness (QED) is 0.729. The minimum absolute atomic E-state index is 0.0584. The van der Waals surface area contributed by atoms with Gasteiger partial charge in [0, 0.05) is 12.1 Å². The van der Waals surface area contributed by atoms with Gasteiger partial charge in [0.25, 0.3) is 6.43 Å². The maximum absolute atomic E-state index is 12.4. The number of rotatable bonds is 2. The molecule has 4 N–H and O–H groups in total. The largest absolute Gasteiger partial charge is 0.395 e. The second-order valence-electron chi connectivity index (χ2n) is 2.43. The summed E-state index contributed by atoms with van der Waals surface area (Å²) in [4.78, 5) is 3.63. The van der Waals surface area contributed by atoms with Crippen LogP contribution in [0, 0.1) is 0 Å². The first kappa shape index (κ1) is 9.98. The van der Waals surface area contributed by atoms with E-state index in [1.54, 1.807) is 0 Å². The topological polar surface area (TPSA) is 64.9 Å². The number of nitrogens with two attached hydrogens (primary N) is 2. The Kier molecular flexibility index (Phi) is 2.87. The Balaban J connectivity index is 3.32. The van der Waals surface area contributed by atoms with Gasteiger partial charge < -0.3 is 11.5 Å². The molecule has 0 bridgehead atoms. The second kappa shape index (κ2) is 3.74. The van der Waals surface area contributed by atoms with E-state index in [-0.39, 0.29) is 28.5 Å². The van der Waals surface area contributed by atoms with E-state index in [0.29, 0.717) is 0 Å². The van der Waals surface area contributed by atoms with Gasteiger partial charge in [0.15, 0.2) is 0 Å². The van der Waals surface area contributed by atoms with Crippen LogP contribution in [-0.2, 0) is 5.88 Å². The SMILES string of the molecule is Nc1ncc(CCl)c(C(F)F)c1N. The molecule has 0 saturated carbocycles. The first-order valence-corrected chi connectivity index (χ1v) is 3.98. The van der Waals surface area contributed by atoms with Crippen LogP contribution < -0.4 is 11.5 Å². The monoisotopic (exact) mass is 207 g/mol. The van der Waals surface area contributed by atoms with E-state index in [4.69, 9.17) is 23.1 Å². The van der Waals surface area contributed by atoms with Gasteiger partial charge in [0.05, 0.1) is 11.3 Å². The third-order valence-corrected chi connectivity index (χ3v) is 1.92. The number of nitrogens with zero attached hydrogens (tertiary/aromatic N) is 1. The van der Waals surface area contributed by atoms with Gasteiger partial charge in [-0.2, -0.15) is 0 Å². The number of halogens is 3. The number of nitrogen functional groups attached to an aromatic ring is 2. The first-order valence-electron chi connectivity index (χ1n) is 3.44. The van der Waals surface area contributed by atoms with Crippen molar-refractivity contribution in [2.75, 3.05) is 11.5 Å². The molecule has 6 heteroatoms. The number of hydrogen-bond acceptors (Lipinski definition) is 3. The summed E-state index contributed by atoms with van der Waals surface area (Å²) >= 11 is 5.43. The number of hydrogen-bond donors (Lipinski definition) is 2. The molecule has 0 saturated heterocycles. The van der Waals surface area contributed by atoms with Crippen molar-refractivity contribution in [3.63, 3.8) is 0 Å². The molecule has 1 aromatic heterocycles. The van der Waals surface area contributed by atoms with E-state index in [1.165, 1.54) is 6.20 Å². The zero-order chi connectivity index (χ0) is 10.0. The van der Waals surface area contributed by atoms with E-state index in [1.807, 2.05) is 0 Å². The fourth-order valence-corrected chi connectivity index (χ4v) is 1.17. The zero-order valence-electron chi connectivity index (χ0n) is 6.60. The average Bonchev–Trinajstić information content (AvgIpc) is 2.08. The molecule has 0 fully saturated rings. The van der Waals surface area contributed by atoms with Gasteiger partial charge in [-0.15, -0.1) is 11.6 Å². The van der Waals surface area contributed by atoms with Crippen LogP contribution in [0.5, 0.6) is 0 Å². The number of anilines is 2. The van der Waals surface area contributed by atoms with Gasteiger partial charge in [-0.1, -0.05) is 0 Å². The fraction of sp³-hybridized carbons (Fsp3) is 0.286. The van der Waals surface area contributed by atoms with Gasteiger partial charge in [0.1, 0.15) is 5.82 Å². The van der Waals surface area contributed by atoms with Crippen molar-refractivity contribution in [2.45, 2.75) is 12.3 Å². The predicted molar refractivity (Wildman–Crippen MR) is 47.6 cm³/mol. The van der Waals surface area contributed by atoms with E-state index in [0.717, 1.165) is 0 Å². The lowest BCUT2D eigenvalue weighted by molar-refractivity contribution is 0.151. The van der Waals surface area contributed by atoms with E-state index < -0.39 is 6.43 Å². The van der Waals surface area contributed by atoms with Gasteiger partial charge in [-0.05, 0) is 5.56 Å². The lowest BCUT2D eigenvalue weighted by atomic mass is 10.1. The Morgan fingerprint density at radius 2 is 2.08 bits per heavy atom. The molecule has 0 aliphatic heterocycles. The van der Waals surface area contributed by atoms with Crippen molar-refractivity contribution >= 4 is 23.1 Å². The highest BCUT2D eigenvalue weighted by Crippen LogP contribution is 2.31. The van der Waals surface area contributed by atoms with Crippen molar-refractivity contribution < 1.29 is 8.78 Å². The first-order chi connectivity index (χ1) is 6.07. The molecule has 0 aromatic carbocycles. The predicted octanol–water partition coefficient (Wildman–Crippen LogP) is 1.92. The molecule has 0 aliphatic carbocycles. The van der Waals surface area contributed by atoms with Crippen LogP contribution in [0.4, 0.5) is 20.3 Å². The molecule has 1 heterocycles. The highest BCUT2D eigenvalue weighted by Gasteiger charge is 2.18. The maximum Gasteiger partial charge on any atom is 0.266 e. The molecule has 13 heavy (non-hydrogen) atoms. The Labute approximate surface area is 78.7 Å². The van der Waals surface area contributed by atoms with Gasteiger partial charge in [-0.3, -0.25) is 0 Å². The molecular weight excluding hydrogens is 200 g/mol. The molecule has 0 atom stereocenters. The molecule has 0 aliphatic rings. The number of aromatic nitrogens is 1. The standard InChI is InChI=1S/C7H8ClF2N3/c8-1-3-2-13-7(12)5(11)4(3)6(9)10/h2,6H,1,11H2,(H2,12,13). The van der Waals surface area contributed by atoms with E-state index in [9.17, 15) is 8.78 Å². The van der Waals surface area contributed by atoms with Crippen LogP contribution >= 0.6 is 11.6 Å². The summed E-state index contributed by atoms with van der Waals surface area (Å²) in [5.41, 5.74) is 10.3. The van der Waals surface area contributed by atoms with Crippen molar-refractivity contribution in [3.8, 4) is 0 Å². The Bertz CT molecular complexity index is 317. The highest BCUT2D eigenvalue weighted by molar-refractivity contribution is 6.17. The van der Waals surface area contributed by atoms with Crippen molar-refractivity contribution in [2.24, 2.45) is 0 Å². The normalized spacial score (nSPS) is 10.8. The molecule has 0 unspecified atom stereocenters. The minimum Gasteiger partial charge on any atom is -0.395 e. The summed E-state index contributed by atoms with van der Waals surface area (Å²) in [6, 6.07) is 0. The number of pyridine rings is 1.